The van der Waals surface area contributed by atoms with Gasteiger partial charge in [-0.05, 0) is 24.3 Å². The molecule has 0 radical (unpaired) electrons. The minimum Gasteiger partial charge on any atom is -0.368 e. The van der Waals surface area contributed by atoms with Crippen molar-refractivity contribution in [1.29, 1.82) is 0 Å². The van der Waals surface area contributed by atoms with E-state index in [0.29, 0.717) is 10.7 Å². The van der Waals surface area contributed by atoms with Gasteiger partial charge in [-0.1, -0.05) is 17.7 Å². The minimum atomic E-state index is -3.53. The van der Waals surface area contributed by atoms with Crippen molar-refractivity contribution in [3.05, 3.63) is 47.7 Å². The Labute approximate surface area is 153 Å². The molecule has 0 aliphatic carbocycles. The predicted molar refractivity (Wildman–Crippen MR) is 101 cm³/mol. The molecule has 2 heterocycles. The van der Waals surface area contributed by atoms with Crippen LogP contribution < -0.4 is 9.80 Å². The maximum absolute atomic E-state index is 12.6. The van der Waals surface area contributed by atoms with Gasteiger partial charge in [0.15, 0.2) is 0 Å². The lowest BCUT2D eigenvalue weighted by atomic mass is 10.2. The van der Waals surface area contributed by atoms with Crippen LogP contribution in [0.25, 0.3) is 0 Å². The van der Waals surface area contributed by atoms with E-state index >= 15 is 0 Å². The van der Waals surface area contributed by atoms with Crippen molar-refractivity contribution in [3.8, 4) is 0 Å². The van der Waals surface area contributed by atoms with E-state index in [0.717, 1.165) is 31.9 Å². The lowest BCUT2D eigenvalue weighted by molar-refractivity contribution is 0.519. The Hall–Kier alpha value is -1.83. The summed E-state index contributed by atoms with van der Waals surface area (Å²) in [5.41, 5.74) is 1.79. The van der Waals surface area contributed by atoms with E-state index < -0.39 is 10.0 Å². The standard InChI is InChI=1S/C17H21ClN4O2S/c1-20(2)25(23,24)17-13-19-7-6-16(17)22-10-8-21(9-11-22)15-5-3-4-14(18)12-15/h3-7,12-13H,8-11H2,1-2H3. The van der Waals surface area contributed by atoms with E-state index in [4.69, 9.17) is 11.6 Å². The first-order valence-electron chi connectivity index (χ1n) is 8.01. The molecule has 1 fully saturated rings. The van der Waals surface area contributed by atoms with Crippen LogP contribution in [0.3, 0.4) is 0 Å². The van der Waals surface area contributed by atoms with Crippen molar-refractivity contribution in [3.63, 3.8) is 0 Å². The quantitative estimate of drug-likeness (QED) is 0.814. The van der Waals surface area contributed by atoms with Gasteiger partial charge in [-0.15, -0.1) is 0 Å². The molecule has 0 atom stereocenters. The van der Waals surface area contributed by atoms with Gasteiger partial charge in [0.25, 0.3) is 0 Å². The van der Waals surface area contributed by atoms with Gasteiger partial charge in [0.2, 0.25) is 10.0 Å². The highest BCUT2D eigenvalue weighted by molar-refractivity contribution is 7.89. The molecule has 3 rings (SSSR count). The first-order valence-corrected chi connectivity index (χ1v) is 9.83. The molecular weight excluding hydrogens is 360 g/mol. The SMILES string of the molecule is CN(C)S(=O)(=O)c1cnccc1N1CCN(c2cccc(Cl)c2)CC1. The number of benzene rings is 1. The van der Waals surface area contributed by atoms with E-state index in [1.165, 1.54) is 24.6 Å². The summed E-state index contributed by atoms with van der Waals surface area (Å²) in [4.78, 5) is 8.60. The van der Waals surface area contributed by atoms with Crippen molar-refractivity contribution < 1.29 is 8.42 Å². The normalized spacial score (nSPS) is 15.7. The lowest BCUT2D eigenvalue weighted by Gasteiger charge is -2.38. The summed E-state index contributed by atoms with van der Waals surface area (Å²) in [6.07, 6.45) is 3.06. The van der Waals surface area contributed by atoms with Gasteiger partial charge in [0.1, 0.15) is 4.90 Å². The van der Waals surface area contributed by atoms with Crippen molar-refractivity contribution in [2.24, 2.45) is 0 Å². The molecule has 6 nitrogen and oxygen atoms in total. The van der Waals surface area contributed by atoms with E-state index in [1.54, 1.807) is 12.3 Å². The fourth-order valence-corrected chi connectivity index (χ4v) is 4.14. The highest BCUT2D eigenvalue weighted by Crippen LogP contribution is 2.28. The number of rotatable bonds is 4. The number of aromatic nitrogens is 1. The monoisotopic (exact) mass is 380 g/mol. The number of piperazine rings is 1. The number of anilines is 2. The summed E-state index contributed by atoms with van der Waals surface area (Å²) < 4.78 is 26.3. The number of hydrogen-bond acceptors (Lipinski definition) is 5. The largest absolute Gasteiger partial charge is 0.368 e. The Morgan fingerprint density at radius 3 is 2.40 bits per heavy atom. The van der Waals surface area contributed by atoms with Crippen molar-refractivity contribution in [2.45, 2.75) is 4.90 Å². The second kappa shape index (κ2) is 7.19. The van der Waals surface area contributed by atoms with Crippen LogP contribution in [-0.2, 0) is 10.0 Å². The molecule has 0 saturated carbocycles. The van der Waals surface area contributed by atoms with E-state index in [1.807, 2.05) is 24.3 Å². The van der Waals surface area contributed by atoms with Gasteiger partial charge >= 0.3 is 0 Å². The van der Waals surface area contributed by atoms with Crippen LogP contribution in [0.1, 0.15) is 0 Å². The Kier molecular flexibility index (Phi) is 5.17. The average molecular weight is 381 g/mol. The number of sulfonamides is 1. The van der Waals surface area contributed by atoms with Gasteiger partial charge in [-0.2, -0.15) is 0 Å². The molecule has 0 unspecified atom stereocenters. The third kappa shape index (κ3) is 3.73. The van der Waals surface area contributed by atoms with Crippen LogP contribution in [0.5, 0.6) is 0 Å². The molecule has 1 aromatic carbocycles. The predicted octanol–water partition coefficient (Wildman–Crippen LogP) is 2.31. The maximum Gasteiger partial charge on any atom is 0.246 e. The minimum absolute atomic E-state index is 0.246. The number of nitrogens with zero attached hydrogens (tertiary/aromatic N) is 4. The lowest BCUT2D eigenvalue weighted by Crippen LogP contribution is -2.47. The molecular formula is C17H21ClN4O2S. The second-order valence-corrected chi connectivity index (χ2v) is 8.64. The zero-order valence-corrected chi connectivity index (χ0v) is 15.8. The Morgan fingerprint density at radius 1 is 1.08 bits per heavy atom. The van der Waals surface area contributed by atoms with Crippen LogP contribution >= 0.6 is 11.6 Å². The topological polar surface area (TPSA) is 56.8 Å². The molecule has 2 aromatic rings. The molecule has 25 heavy (non-hydrogen) atoms. The first-order chi connectivity index (χ1) is 11.9. The average Bonchev–Trinajstić information content (AvgIpc) is 2.62. The molecule has 0 spiro atoms. The fraction of sp³-hybridized carbons (Fsp3) is 0.353. The second-order valence-electron chi connectivity index (χ2n) is 6.08. The smallest absolute Gasteiger partial charge is 0.246 e. The molecule has 134 valence electrons. The zero-order chi connectivity index (χ0) is 18.0. The van der Waals surface area contributed by atoms with Gasteiger partial charge < -0.3 is 9.80 Å². The summed E-state index contributed by atoms with van der Waals surface area (Å²) in [6.45, 7) is 3.05. The van der Waals surface area contributed by atoms with Crippen LogP contribution in [-0.4, -0.2) is 58.0 Å². The van der Waals surface area contributed by atoms with E-state index in [2.05, 4.69) is 14.8 Å². The van der Waals surface area contributed by atoms with Crippen LogP contribution in [0.15, 0.2) is 47.6 Å². The zero-order valence-electron chi connectivity index (χ0n) is 14.3. The van der Waals surface area contributed by atoms with Gasteiger partial charge in [-0.25, -0.2) is 12.7 Å². The summed E-state index contributed by atoms with van der Waals surface area (Å²) in [5.74, 6) is 0. The number of halogens is 1. The highest BCUT2D eigenvalue weighted by Gasteiger charge is 2.26. The van der Waals surface area contributed by atoms with E-state index in [9.17, 15) is 8.42 Å². The van der Waals surface area contributed by atoms with Crippen molar-refractivity contribution >= 4 is 33.0 Å². The van der Waals surface area contributed by atoms with Crippen LogP contribution in [0.4, 0.5) is 11.4 Å². The van der Waals surface area contributed by atoms with Crippen LogP contribution in [0.2, 0.25) is 5.02 Å². The molecule has 0 amide bonds. The molecule has 1 aromatic heterocycles. The van der Waals surface area contributed by atoms with Gasteiger partial charge in [-0.3, -0.25) is 4.98 Å². The highest BCUT2D eigenvalue weighted by atomic mass is 35.5. The third-order valence-electron chi connectivity index (χ3n) is 4.32. The maximum atomic E-state index is 12.6. The molecule has 0 N–H and O–H groups in total. The van der Waals surface area contributed by atoms with Crippen molar-refractivity contribution in [2.75, 3.05) is 50.1 Å². The third-order valence-corrected chi connectivity index (χ3v) is 6.38. The molecule has 1 saturated heterocycles. The number of pyridine rings is 1. The Bertz CT molecular complexity index is 849. The fourth-order valence-electron chi connectivity index (χ4n) is 2.91. The van der Waals surface area contributed by atoms with Gasteiger partial charge in [0.05, 0.1) is 5.69 Å². The summed E-state index contributed by atoms with van der Waals surface area (Å²) in [7, 11) is -0.468. The first kappa shape index (κ1) is 18.0. The van der Waals surface area contributed by atoms with Crippen molar-refractivity contribution in [1.82, 2.24) is 9.29 Å². The molecule has 1 aliphatic heterocycles. The van der Waals surface area contributed by atoms with Crippen LogP contribution in [0, 0.1) is 0 Å². The Balaban J connectivity index is 1.80. The van der Waals surface area contributed by atoms with Gasteiger partial charge in [0, 0.05) is 63.4 Å². The van der Waals surface area contributed by atoms with E-state index in [-0.39, 0.29) is 4.90 Å². The Morgan fingerprint density at radius 2 is 1.76 bits per heavy atom. The summed E-state index contributed by atoms with van der Waals surface area (Å²) >= 11 is 6.07. The molecule has 0 bridgehead atoms. The molecule has 8 heteroatoms. The summed E-state index contributed by atoms with van der Waals surface area (Å²) in [5, 5.41) is 0.716. The number of hydrogen-bond donors (Lipinski definition) is 0. The summed E-state index contributed by atoms with van der Waals surface area (Å²) in [6, 6.07) is 9.55. The molecule has 1 aliphatic rings.